The summed E-state index contributed by atoms with van der Waals surface area (Å²) in [5, 5.41) is 4.76. The Morgan fingerprint density at radius 3 is 1.69 bits per heavy atom. The minimum atomic E-state index is -0.570. The van der Waals surface area contributed by atoms with Crippen LogP contribution in [0.15, 0.2) is 192 Å². The Morgan fingerprint density at radius 2 is 0.942 bits per heavy atom. The van der Waals surface area contributed by atoms with Gasteiger partial charge >= 0.3 is 0 Å². The van der Waals surface area contributed by atoms with Gasteiger partial charge in [0.25, 0.3) is 0 Å². The van der Waals surface area contributed by atoms with Crippen LogP contribution in [-0.2, 0) is 5.41 Å². The highest BCUT2D eigenvalue weighted by molar-refractivity contribution is 7.26. The predicted molar refractivity (Wildman–Crippen MR) is 219 cm³/mol. The molecule has 0 radical (unpaired) electrons. The summed E-state index contributed by atoms with van der Waals surface area (Å²) in [5.41, 5.74) is 12.1. The van der Waals surface area contributed by atoms with Crippen molar-refractivity contribution in [1.82, 2.24) is 0 Å². The van der Waals surface area contributed by atoms with Gasteiger partial charge in [0.2, 0.25) is 0 Å². The van der Waals surface area contributed by atoms with E-state index in [0.29, 0.717) is 0 Å². The Labute approximate surface area is 305 Å². The summed E-state index contributed by atoms with van der Waals surface area (Å²) in [6, 6.07) is 68.3. The summed E-state index contributed by atoms with van der Waals surface area (Å²) in [5.74, 6) is 0. The second kappa shape index (κ2) is 11.3. The number of benzene rings is 8. The molecule has 2 aromatic heterocycles. The molecule has 0 saturated heterocycles. The number of thiophene rings is 1. The highest BCUT2D eigenvalue weighted by Crippen LogP contribution is 2.58. The number of hydrogen-bond donors (Lipinski definition) is 0. The Kier molecular flexibility index (Phi) is 6.37. The van der Waals surface area contributed by atoms with Gasteiger partial charge in [-0.05, 0) is 81.9 Å². The predicted octanol–water partition coefficient (Wildman–Crippen LogP) is 13.8. The van der Waals surface area contributed by atoms with E-state index < -0.39 is 5.41 Å². The van der Waals surface area contributed by atoms with E-state index in [1.807, 2.05) is 11.3 Å². The van der Waals surface area contributed by atoms with Crippen LogP contribution in [-0.4, -0.2) is 0 Å². The van der Waals surface area contributed by atoms with E-state index in [0.717, 1.165) is 39.0 Å². The maximum absolute atomic E-state index is 6.89. The smallest absolute Gasteiger partial charge is 0.137 e. The van der Waals surface area contributed by atoms with Crippen LogP contribution in [0.25, 0.3) is 53.2 Å². The normalized spacial score (nSPS) is 13.2. The lowest BCUT2D eigenvalue weighted by Crippen LogP contribution is -2.28. The third kappa shape index (κ3) is 4.00. The van der Waals surface area contributed by atoms with Crippen molar-refractivity contribution < 1.29 is 4.42 Å². The monoisotopic (exact) mass is 681 g/mol. The fourth-order valence-electron chi connectivity index (χ4n) is 8.95. The number of furan rings is 1. The first-order chi connectivity index (χ1) is 25.8. The van der Waals surface area contributed by atoms with Gasteiger partial charge in [0, 0.05) is 31.2 Å². The molecule has 52 heavy (non-hydrogen) atoms. The van der Waals surface area contributed by atoms with E-state index in [9.17, 15) is 0 Å². The Bertz CT molecular complexity index is 2930. The summed E-state index contributed by atoms with van der Waals surface area (Å²) >= 11 is 1.85. The van der Waals surface area contributed by atoms with E-state index in [-0.39, 0.29) is 0 Å². The summed E-state index contributed by atoms with van der Waals surface area (Å²) in [6.07, 6.45) is 0. The SMILES string of the molecule is c1ccc(N(c2cccc3sc4ccccc4c23)c2cccc3oc4cccc(C5(c6ccccc6)c6ccccc6-c6ccccc65)c4c23)cc1. The van der Waals surface area contributed by atoms with Crippen LogP contribution in [0.5, 0.6) is 0 Å². The number of nitrogens with zero attached hydrogens (tertiary/aromatic N) is 1. The highest BCUT2D eigenvalue weighted by Gasteiger charge is 2.47. The van der Waals surface area contributed by atoms with Gasteiger partial charge in [-0.15, -0.1) is 11.3 Å². The molecule has 8 aromatic carbocycles. The molecule has 0 unspecified atom stereocenters. The van der Waals surface area contributed by atoms with Crippen LogP contribution in [0, 0.1) is 0 Å². The lowest BCUT2D eigenvalue weighted by atomic mass is 9.66. The van der Waals surface area contributed by atoms with Crippen molar-refractivity contribution in [2.45, 2.75) is 5.41 Å². The van der Waals surface area contributed by atoms with Crippen LogP contribution in [0.3, 0.4) is 0 Å². The molecule has 1 aliphatic rings. The molecular formula is C49H31NOS. The molecule has 11 rings (SSSR count). The molecule has 10 aromatic rings. The van der Waals surface area contributed by atoms with Crippen molar-refractivity contribution in [3.8, 4) is 11.1 Å². The van der Waals surface area contributed by atoms with Gasteiger partial charge in [-0.3, -0.25) is 0 Å². The first-order valence-corrected chi connectivity index (χ1v) is 18.6. The molecule has 0 saturated carbocycles. The standard InChI is InChI=1S/C49H31NOS/c1-3-16-32(17-4-1)49(37-23-10-7-20-34(37)35-21-8-11-24-38(35)49)39-25-13-28-42-47(39)48-41(26-14-29-43(48)51-42)50(33-18-5-2-6-19-33)40-27-15-31-45-46(40)36-22-9-12-30-44(36)52-45/h1-31H. The molecular weight excluding hydrogens is 651 g/mol. The molecule has 0 spiro atoms. The van der Waals surface area contributed by atoms with E-state index in [4.69, 9.17) is 4.42 Å². The zero-order valence-corrected chi connectivity index (χ0v) is 29.0. The van der Waals surface area contributed by atoms with Gasteiger partial charge in [0.15, 0.2) is 0 Å². The number of hydrogen-bond acceptors (Lipinski definition) is 3. The average molecular weight is 682 g/mol. The number of fused-ring (bicyclic) bond motifs is 9. The van der Waals surface area contributed by atoms with Crippen molar-refractivity contribution in [1.29, 1.82) is 0 Å². The van der Waals surface area contributed by atoms with Crippen LogP contribution >= 0.6 is 11.3 Å². The zero-order chi connectivity index (χ0) is 34.2. The molecule has 2 heterocycles. The maximum atomic E-state index is 6.89. The van der Waals surface area contributed by atoms with Crippen LogP contribution < -0.4 is 4.90 Å². The van der Waals surface area contributed by atoms with Gasteiger partial charge < -0.3 is 9.32 Å². The second-order valence-corrected chi connectivity index (χ2v) is 14.6. The summed E-state index contributed by atoms with van der Waals surface area (Å²) in [4.78, 5) is 2.45. The van der Waals surface area contributed by atoms with E-state index in [1.54, 1.807) is 0 Å². The summed E-state index contributed by atoms with van der Waals surface area (Å²) in [6.45, 7) is 0. The maximum Gasteiger partial charge on any atom is 0.137 e. The van der Waals surface area contributed by atoms with Crippen LogP contribution in [0.4, 0.5) is 17.1 Å². The number of rotatable bonds is 5. The summed E-state index contributed by atoms with van der Waals surface area (Å²) in [7, 11) is 0. The first-order valence-electron chi connectivity index (χ1n) is 17.8. The second-order valence-electron chi connectivity index (χ2n) is 13.6. The number of anilines is 3. The lowest BCUT2D eigenvalue weighted by Gasteiger charge is -2.34. The fraction of sp³-hybridized carbons (Fsp3) is 0.0204. The van der Waals surface area contributed by atoms with Gasteiger partial charge in [-0.25, -0.2) is 0 Å². The molecule has 3 heteroatoms. The molecule has 0 amide bonds. The van der Waals surface area contributed by atoms with E-state index in [2.05, 4.69) is 193 Å². The summed E-state index contributed by atoms with van der Waals surface area (Å²) < 4.78 is 9.45. The van der Waals surface area contributed by atoms with Gasteiger partial charge in [0.1, 0.15) is 11.2 Å². The lowest BCUT2D eigenvalue weighted by molar-refractivity contribution is 0.667. The average Bonchev–Trinajstić information content (AvgIpc) is 3.88. The van der Waals surface area contributed by atoms with Gasteiger partial charge in [0.05, 0.1) is 22.2 Å². The Balaban J connectivity index is 1.30. The first kappa shape index (κ1) is 29.3. The van der Waals surface area contributed by atoms with Crippen LogP contribution in [0.1, 0.15) is 22.3 Å². The van der Waals surface area contributed by atoms with Crippen molar-refractivity contribution in [3.63, 3.8) is 0 Å². The van der Waals surface area contributed by atoms with Crippen molar-refractivity contribution in [2.24, 2.45) is 0 Å². The van der Waals surface area contributed by atoms with E-state index in [1.165, 1.54) is 53.6 Å². The molecule has 0 atom stereocenters. The third-order valence-corrected chi connectivity index (χ3v) is 12.1. The highest BCUT2D eigenvalue weighted by atomic mass is 32.1. The molecule has 2 nitrogen and oxygen atoms in total. The molecule has 0 N–H and O–H groups in total. The van der Waals surface area contributed by atoms with Crippen molar-refractivity contribution >= 4 is 70.5 Å². The molecule has 0 bridgehead atoms. The van der Waals surface area contributed by atoms with Gasteiger partial charge in [-0.2, -0.15) is 0 Å². The quantitative estimate of drug-likeness (QED) is 0.180. The molecule has 244 valence electrons. The third-order valence-electron chi connectivity index (χ3n) is 10.9. The van der Waals surface area contributed by atoms with Gasteiger partial charge in [-0.1, -0.05) is 140 Å². The zero-order valence-electron chi connectivity index (χ0n) is 28.2. The topological polar surface area (TPSA) is 16.4 Å². The van der Waals surface area contributed by atoms with Crippen molar-refractivity contribution in [3.05, 3.63) is 210 Å². The minimum Gasteiger partial charge on any atom is -0.456 e. The fourth-order valence-corrected chi connectivity index (χ4v) is 10.1. The Morgan fingerprint density at radius 1 is 0.404 bits per heavy atom. The number of para-hydroxylation sites is 1. The largest absolute Gasteiger partial charge is 0.456 e. The van der Waals surface area contributed by atoms with E-state index >= 15 is 0 Å². The van der Waals surface area contributed by atoms with Crippen LogP contribution in [0.2, 0.25) is 0 Å². The molecule has 0 aliphatic heterocycles. The molecule has 0 fully saturated rings. The van der Waals surface area contributed by atoms with Crippen molar-refractivity contribution in [2.75, 3.05) is 4.90 Å². The minimum absolute atomic E-state index is 0.570. The molecule has 1 aliphatic carbocycles. The Hall–Kier alpha value is -6.42.